The third-order valence-electron chi connectivity index (χ3n) is 7.06. The van der Waals surface area contributed by atoms with Crippen LogP contribution >= 0.6 is 11.3 Å². The minimum atomic E-state index is -0.512. The number of thiazole rings is 1. The van der Waals surface area contributed by atoms with Gasteiger partial charge in [0.1, 0.15) is 5.82 Å². The summed E-state index contributed by atoms with van der Waals surface area (Å²) in [5, 5.41) is 11.8. The van der Waals surface area contributed by atoms with Crippen molar-refractivity contribution in [2.75, 3.05) is 6.79 Å². The Hall–Kier alpha value is -4.57. The predicted molar refractivity (Wildman–Crippen MR) is 138 cm³/mol. The van der Waals surface area contributed by atoms with Gasteiger partial charge < -0.3 is 9.47 Å². The number of nitro benzene ring substituents is 1. The number of fused-ring (bicyclic) bond motifs is 4. The molecule has 10 heteroatoms. The smallest absolute Gasteiger partial charge is 0.280 e. The van der Waals surface area contributed by atoms with E-state index in [0.717, 1.165) is 28.8 Å². The lowest BCUT2D eigenvalue weighted by atomic mass is 9.83. The van der Waals surface area contributed by atoms with Crippen LogP contribution in [0.3, 0.4) is 0 Å². The zero-order valence-electron chi connectivity index (χ0n) is 19.7. The molecule has 3 heterocycles. The fourth-order valence-electron chi connectivity index (χ4n) is 5.33. The van der Waals surface area contributed by atoms with Gasteiger partial charge in [-0.1, -0.05) is 47.7 Å². The van der Waals surface area contributed by atoms with Gasteiger partial charge in [-0.25, -0.2) is 9.38 Å². The standard InChI is InChI=1S/C28H18FN3O5S/c29-18-8-5-16(6-9-18)26-20-10-7-15-3-1-2-4-19(15)25(20)30-28-31(26)27(33)24(38-28)12-17-11-22-23(37-14-36-22)13-21(17)32(34)35/h1-6,8-9,11-13,26H,7,10,14H2/b24-12+/t26-/m1/s1. The molecule has 188 valence electrons. The van der Waals surface area contributed by atoms with Gasteiger partial charge in [-0.15, -0.1) is 0 Å². The van der Waals surface area contributed by atoms with E-state index in [-0.39, 0.29) is 35.2 Å². The molecule has 7 rings (SSSR count). The number of benzene rings is 3. The maximum atomic E-state index is 13.9. The van der Waals surface area contributed by atoms with Crippen molar-refractivity contribution in [3.63, 3.8) is 0 Å². The molecule has 3 aromatic carbocycles. The Morgan fingerprint density at radius 1 is 1.08 bits per heavy atom. The molecule has 0 unspecified atom stereocenters. The Kier molecular flexibility index (Phi) is 5.05. The lowest BCUT2D eigenvalue weighted by Gasteiger charge is -2.30. The molecular formula is C28H18FN3O5S. The number of nitrogens with zero attached hydrogens (tertiary/aromatic N) is 3. The van der Waals surface area contributed by atoms with Crippen LogP contribution in [0.15, 0.2) is 76.0 Å². The number of allylic oxidation sites excluding steroid dienone is 1. The summed E-state index contributed by atoms with van der Waals surface area (Å²) in [5.41, 5.74) is 4.51. The molecule has 38 heavy (non-hydrogen) atoms. The second kappa shape index (κ2) is 8.49. The highest BCUT2D eigenvalue weighted by Crippen LogP contribution is 2.41. The lowest BCUT2D eigenvalue weighted by Crippen LogP contribution is -2.38. The molecule has 0 amide bonds. The van der Waals surface area contributed by atoms with Crippen molar-refractivity contribution in [2.45, 2.75) is 18.9 Å². The molecule has 2 aliphatic heterocycles. The monoisotopic (exact) mass is 527 g/mol. The van der Waals surface area contributed by atoms with Crippen molar-refractivity contribution in [3.8, 4) is 11.5 Å². The van der Waals surface area contributed by atoms with Gasteiger partial charge in [-0.05, 0) is 53.8 Å². The van der Waals surface area contributed by atoms with E-state index in [1.54, 1.807) is 16.7 Å². The van der Waals surface area contributed by atoms with Crippen LogP contribution in [0.25, 0.3) is 11.8 Å². The Labute approximate surface area is 218 Å². The Bertz CT molecular complexity index is 1870. The Morgan fingerprint density at radius 3 is 2.63 bits per heavy atom. The van der Waals surface area contributed by atoms with E-state index in [0.29, 0.717) is 21.5 Å². The highest BCUT2D eigenvalue weighted by atomic mass is 32.1. The molecular weight excluding hydrogens is 509 g/mol. The van der Waals surface area contributed by atoms with Crippen molar-refractivity contribution in [1.82, 2.24) is 4.57 Å². The molecule has 1 aromatic heterocycles. The fourth-order valence-corrected chi connectivity index (χ4v) is 6.32. The molecule has 1 aliphatic carbocycles. The summed E-state index contributed by atoms with van der Waals surface area (Å²) in [5.74, 6) is 0.309. The number of hydrogen-bond donors (Lipinski definition) is 0. The first-order chi connectivity index (χ1) is 18.5. The number of halogens is 1. The highest BCUT2D eigenvalue weighted by Gasteiger charge is 2.33. The normalized spacial score (nSPS) is 17.5. The van der Waals surface area contributed by atoms with Gasteiger partial charge in [-0.3, -0.25) is 19.5 Å². The summed E-state index contributed by atoms with van der Waals surface area (Å²) in [6.45, 7) is -0.0250. The minimum Gasteiger partial charge on any atom is -0.454 e. The van der Waals surface area contributed by atoms with E-state index < -0.39 is 11.0 Å². The molecule has 1 atom stereocenters. The molecule has 0 saturated carbocycles. The van der Waals surface area contributed by atoms with Gasteiger partial charge in [0.15, 0.2) is 16.3 Å². The Morgan fingerprint density at radius 2 is 1.84 bits per heavy atom. The van der Waals surface area contributed by atoms with E-state index in [1.807, 2.05) is 18.2 Å². The van der Waals surface area contributed by atoms with Crippen molar-refractivity contribution in [3.05, 3.63) is 124 Å². The zero-order chi connectivity index (χ0) is 26.0. The van der Waals surface area contributed by atoms with Gasteiger partial charge in [0.05, 0.1) is 32.8 Å². The van der Waals surface area contributed by atoms with E-state index >= 15 is 0 Å². The number of aryl methyl sites for hydroxylation is 1. The molecule has 0 bridgehead atoms. The summed E-state index contributed by atoms with van der Waals surface area (Å²) in [7, 11) is 0. The number of nitro groups is 1. The maximum Gasteiger partial charge on any atom is 0.280 e. The number of ether oxygens (including phenoxy) is 2. The van der Waals surface area contributed by atoms with Gasteiger partial charge in [-0.2, -0.15) is 0 Å². The number of rotatable bonds is 3. The topological polar surface area (TPSA) is 96.0 Å². The molecule has 0 N–H and O–H groups in total. The molecule has 0 radical (unpaired) electrons. The van der Waals surface area contributed by atoms with Crippen molar-refractivity contribution < 1.29 is 18.8 Å². The summed E-state index contributed by atoms with van der Waals surface area (Å²) in [6.07, 6.45) is 3.01. The summed E-state index contributed by atoms with van der Waals surface area (Å²) < 4.78 is 26.4. The second-order valence-electron chi connectivity index (χ2n) is 9.19. The quantitative estimate of drug-likeness (QED) is 0.295. The third-order valence-corrected chi connectivity index (χ3v) is 8.05. The molecule has 0 saturated heterocycles. The lowest BCUT2D eigenvalue weighted by molar-refractivity contribution is -0.385. The third kappa shape index (κ3) is 3.48. The summed E-state index contributed by atoms with van der Waals surface area (Å²) in [4.78, 5) is 30.6. The fraction of sp³-hybridized carbons (Fsp3) is 0.143. The van der Waals surface area contributed by atoms with Crippen LogP contribution in [0, 0.1) is 15.9 Å². The van der Waals surface area contributed by atoms with Crippen LogP contribution in [-0.4, -0.2) is 16.3 Å². The molecule has 8 nitrogen and oxygen atoms in total. The number of hydrogen-bond acceptors (Lipinski definition) is 7. The first-order valence-electron chi connectivity index (χ1n) is 11.9. The Balaban J connectivity index is 1.48. The largest absolute Gasteiger partial charge is 0.454 e. The molecule has 0 spiro atoms. The van der Waals surface area contributed by atoms with Gasteiger partial charge in [0, 0.05) is 5.56 Å². The van der Waals surface area contributed by atoms with E-state index in [4.69, 9.17) is 14.5 Å². The van der Waals surface area contributed by atoms with Gasteiger partial charge in [0.25, 0.3) is 11.2 Å². The van der Waals surface area contributed by atoms with Crippen molar-refractivity contribution in [2.24, 2.45) is 4.99 Å². The van der Waals surface area contributed by atoms with Crippen LogP contribution in [0.4, 0.5) is 10.1 Å². The van der Waals surface area contributed by atoms with Crippen LogP contribution in [0.5, 0.6) is 11.5 Å². The van der Waals surface area contributed by atoms with Crippen molar-refractivity contribution >= 4 is 28.8 Å². The maximum absolute atomic E-state index is 13.9. The van der Waals surface area contributed by atoms with Crippen LogP contribution in [0.1, 0.15) is 34.7 Å². The van der Waals surface area contributed by atoms with E-state index in [9.17, 15) is 19.3 Å². The molecule has 4 aromatic rings. The molecule has 0 fully saturated rings. The van der Waals surface area contributed by atoms with E-state index in [1.165, 1.54) is 47.2 Å². The first-order valence-corrected chi connectivity index (χ1v) is 12.8. The average Bonchev–Trinajstić information content (AvgIpc) is 3.51. The summed E-state index contributed by atoms with van der Waals surface area (Å²) >= 11 is 1.17. The van der Waals surface area contributed by atoms with Gasteiger partial charge >= 0.3 is 0 Å². The number of aromatic nitrogens is 1. The van der Waals surface area contributed by atoms with Crippen LogP contribution < -0.4 is 24.4 Å². The minimum absolute atomic E-state index is 0.0250. The van der Waals surface area contributed by atoms with Crippen LogP contribution in [0.2, 0.25) is 0 Å². The van der Waals surface area contributed by atoms with Crippen LogP contribution in [-0.2, 0) is 6.42 Å². The molecule has 3 aliphatic rings. The summed E-state index contributed by atoms with van der Waals surface area (Å²) in [6, 6.07) is 16.6. The predicted octanol–water partition coefficient (Wildman–Crippen LogP) is 4.09. The second-order valence-corrected chi connectivity index (χ2v) is 10.2. The zero-order valence-corrected chi connectivity index (χ0v) is 20.5. The SMILES string of the molecule is O=c1/c(=C\c2cc3c(cc2[N+](=O)[O-])OCO3)sc2n1[C@H](c1ccc(F)cc1)C1=C(N=2)c2ccccc2CC1. The van der Waals surface area contributed by atoms with E-state index in [2.05, 4.69) is 6.07 Å². The van der Waals surface area contributed by atoms with Crippen molar-refractivity contribution in [1.29, 1.82) is 0 Å². The van der Waals surface area contributed by atoms with Gasteiger partial charge in [0.2, 0.25) is 6.79 Å². The highest BCUT2D eigenvalue weighted by molar-refractivity contribution is 7.07. The first kappa shape index (κ1) is 22.6. The average molecular weight is 528 g/mol.